The molecule has 0 atom stereocenters. The Balaban J connectivity index is 2.15. The van der Waals surface area contributed by atoms with Gasteiger partial charge in [0, 0.05) is 12.7 Å². The molecular formula is C9H10FN2O. The lowest BCUT2D eigenvalue weighted by Gasteiger charge is -2.04. The minimum absolute atomic E-state index is 0.0492. The number of rotatable bonds is 3. The summed E-state index contributed by atoms with van der Waals surface area (Å²) in [6.45, 7) is 0.0492. The Morgan fingerprint density at radius 2 is 2.38 bits per heavy atom. The highest BCUT2D eigenvalue weighted by molar-refractivity contribution is 5.20. The predicted molar refractivity (Wildman–Crippen MR) is 44.6 cm³/mol. The zero-order valence-corrected chi connectivity index (χ0v) is 7.09. The average Bonchev–Trinajstić information content (AvgIpc) is 2.92. The maximum Gasteiger partial charge on any atom is 0.250 e. The first kappa shape index (κ1) is 8.44. The summed E-state index contributed by atoms with van der Waals surface area (Å²) in [5, 5.41) is 0. The molecule has 0 unspecified atom stereocenters. The van der Waals surface area contributed by atoms with Gasteiger partial charge in [0.15, 0.2) is 5.82 Å². The van der Waals surface area contributed by atoms with Gasteiger partial charge in [-0.05, 0) is 24.5 Å². The van der Waals surface area contributed by atoms with Crippen molar-refractivity contribution in [1.82, 2.24) is 10.7 Å². The Morgan fingerprint density at radius 3 is 2.92 bits per heavy atom. The molecule has 1 aliphatic rings. The first-order chi connectivity index (χ1) is 6.29. The highest BCUT2D eigenvalue weighted by Gasteiger charge is 2.25. The van der Waals surface area contributed by atoms with E-state index in [0.717, 1.165) is 12.8 Å². The van der Waals surface area contributed by atoms with Gasteiger partial charge in [-0.25, -0.2) is 9.37 Å². The van der Waals surface area contributed by atoms with E-state index in [9.17, 15) is 4.39 Å². The molecule has 0 aromatic carbocycles. The maximum absolute atomic E-state index is 13.2. The van der Waals surface area contributed by atoms with Crippen LogP contribution in [-0.4, -0.2) is 11.1 Å². The van der Waals surface area contributed by atoms with Crippen molar-refractivity contribution in [2.45, 2.75) is 25.5 Å². The van der Waals surface area contributed by atoms with Crippen molar-refractivity contribution in [3.63, 3.8) is 0 Å². The number of hydrogen-bond acceptors (Lipinski definition) is 2. The quantitative estimate of drug-likeness (QED) is 0.710. The van der Waals surface area contributed by atoms with E-state index in [-0.39, 0.29) is 18.5 Å². The summed E-state index contributed by atoms with van der Waals surface area (Å²) in [6, 6.07) is 1.30. The molecule has 4 heteroatoms. The standard InChI is InChI=1S/C9H10FN2O/c10-8-3-6(4-11)5-12-9(8)13-7-1-2-7/h3,5,7,11H,1-2,4H2. The minimum Gasteiger partial charge on any atom is -0.472 e. The van der Waals surface area contributed by atoms with Crippen molar-refractivity contribution in [3.05, 3.63) is 23.6 Å². The van der Waals surface area contributed by atoms with Gasteiger partial charge in [-0.1, -0.05) is 0 Å². The summed E-state index contributed by atoms with van der Waals surface area (Å²) in [4.78, 5) is 3.81. The van der Waals surface area contributed by atoms with Gasteiger partial charge in [0.1, 0.15) is 6.10 Å². The first-order valence-electron chi connectivity index (χ1n) is 4.25. The molecule has 0 bridgehead atoms. The molecule has 0 amide bonds. The number of pyridine rings is 1. The fourth-order valence-corrected chi connectivity index (χ4v) is 0.992. The maximum atomic E-state index is 13.2. The molecule has 1 aromatic heterocycles. The van der Waals surface area contributed by atoms with E-state index >= 15 is 0 Å². The Bertz CT molecular complexity index is 312. The molecule has 0 spiro atoms. The number of nitrogens with one attached hydrogen (secondary N) is 1. The number of hydrogen-bond donors (Lipinski definition) is 0. The fraction of sp³-hybridized carbons (Fsp3) is 0.444. The van der Waals surface area contributed by atoms with Gasteiger partial charge in [-0.2, -0.15) is 0 Å². The van der Waals surface area contributed by atoms with Crippen LogP contribution in [0.2, 0.25) is 0 Å². The molecule has 0 aliphatic heterocycles. The van der Waals surface area contributed by atoms with Crippen LogP contribution in [0.25, 0.3) is 0 Å². The molecule has 3 nitrogen and oxygen atoms in total. The van der Waals surface area contributed by atoms with Gasteiger partial charge in [0.05, 0.1) is 0 Å². The molecule has 1 N–H and O–H groups in total. The molecule has 1 aliphatic carbocycles. The van der Waals surface area contributed by atoms with Gasteiger partial charge < -0.3 is 4.74 Å². The molecular weight excluding hydrogens is 171 g/mol. The molecule has 0 saturated heterocycles. The normalized spacial score (nSPS) is 15.8. The summed E-state index contributed by atoms with van der Waals surface area (Å²) in [5.74, 6) is -0.392. The third-order valence-electron chi connectivity index (χ3n) is 1.87. The van der Waals surface area contributed by atoms with Crippen LogP contribution in [0, 0.1) is 5.82 Å². The number of nitrogens with zero attached hydrogens (tertiary/aromatic N) is 1. The van der Waals surface area contributed by atoms with Crippen LogP contribution in [0.5, 0.6) is 5.88 Å². The molecule has 1 saturated carbocycles. The predicted octanol–water partition coefficient (Wildman–Crippen LogP) is 1.54. The smallest absolute Gasteiger partial charge is 0.250 e. The molecule has 2 rings (SSSR count). The lowest BCUT2D eigenvalue weighted by atomic mass is 10.3. The summed E-state index contributed by atoms with van der Waals surface area (Å²) in [6.07, 6.45) is 3.61. The van der Waals surface area contributed by atoms with Gasteiger partial charge in [0.25, 0.3) is 5.88 Å². The van der Waals surface area contributed by atoms with Crippen molar-refractivity contribution in [1.29, 1.82) is 0 Å². The Kier molecular flexibility index (Phi) is 2.14. The van der Waals surface area contributed by atoms with Crippen molar-refractivity contribution >= 4 is 0 Å². The van der Waals surface area contributed by atoms with Gasteiger partial charge in [-0.3, -0.25) is 5.73 Å². The van der Waals surface area contributed by atoms with Gasteiger partial charge >= 0.3 is 0 Å². The monoisotopic (exact) mass is 181 g/mol. The lowest BCUT2D eigenvalue weighted by molar-refractivity contribution is 0.274. The van der Waals surface area contributed by atoms with Gasteiger partial charge in [0.2, 0.25) is 0 Å². The molecule has 13 heavy (non-hydrogen) atoms. The van der Waals surface area contributed by atoms with Crippen LogP contribution in [0.4, 0.5) is 4.39 Å². The Morgan fingerprint density at radius 1 is 1.62 bits per heavy atom. The van der Waals surface area contributed by atoms with Crippen molar-refractivity contribution < 1.29 is 9.13 Å². The largest absolute Gasteiger partial charge is 0.472 e. The SMILES string of the molecule is [NH]Cc1cnc(OC2CC2)c(F)c1. The summed E-state index contributed by atoms with van der Waals surface area (Å²) in [5.41, 5.74) is 7.59. The molecule has 1 heterocycles. The van der Waals surface area contributed by atoms with E-state index in [1.54, 1.807) is 0 Å². The molecule has 1 fully saturated rings. The van der Waals surface area contributed by atoms with Crippen LogP contribution >= 0.6 is 0 Å². The van der Waals surface area contributed by atoms with Crippen LogP contribution in [-0.2, 0) is 6.54 Å². The molecule has 69 valence electrons. The zero-order valence-electron chi connectivity index (χ0n) is 7.09. The second kappa shape index (κ2) is 3.30. The Hall–Kier alpha value is -1.16. The van der Waals surface area contributed by atoms with E-state index in [2.05, 4.69) is 4.98 Å². The first-order valence-corrected chi connectivity index (χ1v) is 4.25. The lowest BCUT2D eigenvalue weighted by Crippen LogP contribution is -2.01. The molecule has 1 radical (unpaired) electrons. The summed E-state index contributed by atoms with van der Waals surface area (Å²) >= 11 is 0. The second-order valence-electron chi connectivity index (χ2n) is 3.12. The topological polar surface area (TPSA) is 45.9 Å². The number of aromatic nitrogens is 1. The van der Waals surface area contributed by atoms with Crippen molar-refractivity contribution in [3.8, 4) is 5.88 Å². The van der Waals surface area contributed by atoms with E-state index < -0.39 is 5.82 Å². The number of halogens is 1. The highest BCUT2D eigenvalue weighted by atomic mass is 19.1. The van der Waals surface area contributed by atoms with Crippen molar-refractivity contribution in [2.24, 2.45) is 0 Å². The number of ether oxygens (including phenoxy) is 1. The third-order valence-corrected chi connectivity index (χ3v) is 1.87. The van der Waals surface area contributed by atoms with Crippen molar-refractivity contribution in [2.75, 3.05) is 0 Å². The van der Waals surface area contributed by atoms with Gasteiger partial charge in [-0.15, -0.1) is 0 Å². The minimum atomic E-state index is -0.461. The average molecular weight is 181 g/mol. The molecule has 1 aromatic rings. The van der Waals surface area contributed by atoms with Crippen LogP contribution in [0.15, 0.2) is 12.3 Å². The van der Waals surface area contributed by atoms with E-state index in [4.69, 9.17) is 10.5 Å². The van der Waals surface area contributed by atoms with Crippen LogP contribution < -0.4 is 10.5 Å². The van der Waals surface area contributed by atoms with E-state index in [0.29, 0.717) is 5.56 Å². The highest BCUT2D eigenvalue weighted by Crippen LogP contribution is 2.27. The summed E-state index contributed by atoms with van der Waals surface area (Å²) < 4.78 is 18.4. The summed E-state index contributed by atoms with van der Waals surface area (Å²) in [7, 11) is 0. The van der Waals surface area contributed by atoms with Crippen LogP contribution in [0.1, 0.15) is 18.4 Å². The van der Waals surface area contributed by atoms with Crippen LogP contribution in [0.3, 0.4) is 0 Å². The Labute approximate surface area is 75.7 Å². The van der Waals surface area contributed by atoms with E-state index in [1.807, 2.05) is 0 Å². The second-order valence-corrected chi connectivity index (χ2v) is 3.12. The third kappa shape index (κ3) is 1.95. The van der Waals surface area contributed by atoms with E-state index in [1.165, 1.54) is 12.3 Å². The fourth-order valence-electron chi connectivity index (χ4n) is 0.992. The zero-order chi connectivity index (χ0) is 9.26.